The van der Waals surface area contributed by atoms with Gasteiger partial charge in [-0.25, -0.2) is 4.39 Å². The molecule has 2 aromatic rings. The number of hydrogen-bond donors (Lipinski definition) is 2. The Morgan fingerprint density at radius 2 is 1.72 bits per heavy atom. The van der Waals surface area contributed by atoms with E-state index >= 15 is 0 Å². The van der Waals surface area contributed by atoms with Crippen LogP contribution in [0.3, 0.4) is 0 Å². The van der Waals surface area contributed by atoms with Crippen LogP contribution in [0.15, 0.2) is 59.6 Å². The van der Waals surface area contributed by atoms with Crippen LogP contribution in [-0.4, -0.2) is 32.7 Å². The molecule has 0 amide bonds. The van der Waals surface area contributed by atoms with Gasteiger partial charge in [-0.05, 0) is 29.7 Å². The van der Waals surface area contributed by atoms with E-state index in [1.807, 2.05) is 36.4 Å². The largest absolute Gasteiger partial charge is 0.375 e. The molecule has 0 aliphatic heterocycles. The third kappa shape index (κ3) is 8.83. The van der Waals surface area contributed by atoms with Gasteiger partial charge in [0, 0.05) is 20.1 Å². The first-order chi connectivity index (χ1) is 11.8. The Morgan fingerprint density at radius 1 is 1.00 bits per heavy atom. The number of hydrogen-bond acceptors (Lipinski definition) is 2. The quantitative estimate of drug-likeness (QED) is 0.277. The minimum absolute atomic E-state index is 0. The number of guanidine groups is 1. The van der Waals surface area contributed by atoms with E-state index in [1.54, 1.807) is 19.2 Å². The Bertz CT molecular complexity index is 638. The highest BCUT2D eigenvalue weighted by atomic mass is 127. The fourth-order valence-electron chi connectivity index (χ4n) is 2.24. The third-order valence-corrected chi connectivity index (χ3v) is 3.47. The van der Waals surface area contributed by atoms with Gasteiger partial charge in [-0.15, -0.1) is 24.0 Å². The summed E-state index contributed by atoms with van der Waals surface area (Å²) in [6.07, 6.45) is 0.739. The summed E-state index contributed by atoms with van der Waals surface area (Å²) in [7, 11) is 1.72. The first-order valence-electron chi connectivity index (χ1n) is 8.08. The summed E-state index contributed by atoms with van der Waals surface area (Å²) >= 11 is 0. The van der Waals surface area contributed by atoms with Gasteiger partial charge in [0.05, 0.1) is 13.2 Å². The van der Waals surface area contributed by atoms with E-state index in [1.165, 1.54) is 6.07 Å². The van der Waals surface area contributed by atoms with Crippen LogP contribution in [0.5, 0.6) is 0 Å². The predicted molar refractivity (Wildman–Crippen MR) is 111 cm³/mol. The van der Waals surface area contributed by atoms with Gasteiger partial charge in [0.2, 0.25) is 0 Å². The van der Waals surface area contributed by atoms with Gasteiger partial charge in [0.25, 0.3) is 0 Å². The molecule has 0 fully saturated rings. The lowest BCUT2D eigenvalue weighted by Gasteiger charge is -2.12. The molecule has 2 aromatic carbocycles. The first-order valence-corrected chi connectivity index (χ1v) is 8.08. The van der Waals surface area contributed by atoms with E-state index < -0.39 is 0 Å². The summed E-state index contributed by atoms with van der Waals surface area (Å²) in [6.45, 7) is 2.56. The summed E-state index contributed by atoms with van der Waals surface area (Å²) in [5, 5.41) is 6.40. The number of benzene rings is 2. The molecule has 6 heteroatoms. The number of rotatable bonds is 8. The molecular weight excluding hydrogens is 432 g/mol. The van der Waals surface area contributed by atoms with E-state index in [0.717, 1.165) is 23.5 Å². The second kappa shape index (κ2) is 12.7. The van der Waals surface area contributed by atoms with Crippen molar-refractivity contribution in [3.63, 3.8) is 0 Å². The Hall–Kier alpha value is -1.67. The molecule has 136 valence electrons. The molecule has 0 saturated carbocycles. The second-order valence-corrected chi connectivity index (χ2v) is 5.34. The molecule has 0 aliphatic rings. The number of ether oxygens (including phenoxy) is 1. The van der Waals surface area contributed by atoms with Gasteiger partial charge in [-0.3, -0.25) is 4.99 Å². The summed E-state index contributed by atoms with van der Waals surface area (Å²) in [4.78, 5) is 4.16. The predicted octanol–water partition coefficient (Wildman–Crippen LogP) is 3.37. The van der Waals surface area contributed by atoms with Gasteiger partial charge in [-0.2, -0.15) is 0 Å². The lowest BCUT2D eigenvalue weighted by molar-refractivity contribution is 0.125. The molecule has 25 heavy (non-hydrogen) atoms. The van der Waals surface area contributed by atoms with Gasteiger partial charge in [0.1, 0.15) is 5.82 Å². The Labute approximate surface area is 165 Å². The Kier molecular flexibility index (Phi) is 10.8. The maximum atomic E-state index is 13.1. The molecule has 0 spiro atoms. The monoisotopic (exact) mass is 457 g/mol. The molecule has 0 radical (unpaired) electrons. The fourth-order valence-corrected chi connectivity index (χ4v) is 2.24. The van der Waals surface area contributed by atoms with Crippen molar-refractivity contribution < 1.29 is 9.13 Å². The van der Waals surface area contributed by atoms with Gasteiger partial charge in [0.15, 0.2) is 5.96 Å². The average molecular weight is 457 g/mol. The third-order valence-electron chi connectivity index (χ3n) is 3.47. The van der Waals surface area contributed by atoms with E-state index in [-0.39, 0.29) is 29.8 Å². The molecule has 0 saturated heterocycles. The molecule has 0 heterocycles. The van der Waals surface area contributed by atoms with Crippen LogP contribution in [0, 0.1) is 5.82 Å². The van der Waals surface area contributed by atoms with Crippen LogP contribution in [-0.2, 0) is 17.8 Å². The Morgan fingerprint density at radius 3 is 2.44 bits per heavy atom. The van der Waals surface area contributed by atoms with Crippen molar-refractivity contribution in [3.8, 4) is 0 Å². The Balaban J connectivity index is 0.00000312. The molecular formula is C19H25FIN3O. The van der Waals surface area contributed by atoms with E-state index in [9.17, 15) is 4.39 Å². The van der Waals surface area contributed by atoms with Gasteiger partial charge < -0.3 is 15.4 Å². The number of halogens is 2. The summed E-state index contributed by atoms with van der Waals surface area (Å²) < 4.78 is 18.7. The zero-order valence-corrected chi connectivity index (χ0v) is 16.7. The molecule has 0 atom stereocenters. The maximum absolute atomic E-state index is 13.1. The highest BCUT2D eigenvalue weighted by Crippen LogP contribution is 2.03. The average Bonchev–Trinajstić information content (AvgIpc) is 2.61. The highest BCUT2D eigenvalue weighted by molar-refractivity contribution is 14.0. The van der Waals surface area contributed by atoms with Crippen LogP contribution < -0.4 is 10.6 Å². The van der Waals surface area contributed by atoms with Crippen molar-refractivity contribution in [2.75, 3.05) is 26.7 Å². The lowest BCUT2D eigenvalue weighted by Crippen LogP contribution is -2.39. The fraction of sp³-hybridized carbons (Fsp3) is 0.316. The normalized spacial score (nSPS) is 10.9. The molecule has 0 bridgehead atoms. The van der Waals surface area contributed by atoms with E-state index in [4.69, 9.17) is 4.74 Å². The van der Waals surface area contributed by atoms with Crippen molar-refractivity contribution in [2.24, 2.45) is 4.99 Å². The zero-order chi connectivity index (χ0) is 17.0. The number of aliphatic imine (C=N–C) groups is 1. The minimum atomic E-state index is -0.203. The highest BCUT2D eigenvalue weighted by Gasteiger charge is 1.99. The minimum Gasteiger partial charge on any atom is -0.375 e. The van der Waals surface area contributed by atoms with Crippen LogP contribution >= 0.6 is 24.0 Å². The molecule has 0 aromatic heterocycles. The van der Waals surface area contributed by atoms with Crippen molar-refractivity contribution >= 4 is 29.9 Å². The van der Waals surface area contributed by atoms with Gasteiger partial charge in [-0.1, -0.05) is 42.5 Å². The summed E-state index contributed by atoms with van der Waals surface area (Å²) in [6, 6.07) is 16.7. The van der Waals surface area contributed by atoms with E-state index in [2.05, 4.69) is 15.6 Å². The zero-order valence-electron chi connectivity index (χ0n) is 14.4. The molecule has 2 rings (SSSR count). The van der Waals surface area contributed by atoms with Crippen molar-refractivity contribution in [1.29, 1.82) is 0 Å². The van der Waals surface area contributed by atoms with Crippen molar-refractivity contribution in [1.82, 2.24) is 10.6 Å². The molecule has 4 nitrogen and oxygen atoms in total. The number of nitrogens with zero attached hydrogens (tertiary/aromatic N) is 1. The molecule has 0 aliphatic carbocycles. The number of nitrogens with one attached hydrogen (secondary N) is 2. The van der Waals surface area contributed by atoms with Crippen molar-refractivity contribution in [2.45, 2.75) is 13.0 Å². The van der Waals surface area contributed by atoms with Crippen LogP contribution in [0.4, 0.5) is 4.39 Å². The van der Waals surface area contributed by atoms with Crippen LogP contribution in [0.25, 0.3) is 0 Å². The topological polar surface area (TPSA) is 45.7 Å². The lowest BCUT2D eigenvalue weighted by atomic mass is 10.1. The summed E-state index contributed by atoms with van der Waals surface area (Å²) in [5.74, 6) is 0.514. The summed E-state index contributed by atoms with van der Waals surface area (Å²) in [5.41, 5.74) is 2.12. The second-order valence-electron chi connectivity index (χ2n) is 5.34. The van der Waals surface area contributed by atoms with Crippen LogP contribution in [0.2, 0.25) is 0 Å². The van der Waals surface area contributed by atoms with E-state index in [0.29, 0.717) is 26.3 Å². The SMILES string of the molecule is CN=C(NCCOCc1ccccc1)NCCc1cccc(F)c1.I. The molecule has 2 N–H and O–H groups in total. The molecule has 0 unspecified atom stereocenters. The van der Waals surface area contributed by atoms with Crippen LogP contribution in [0.1, 0.15) is 11.1 Å². The standard InChI is InChI=1S/C19H24FN3O.HI/c1-21-19(22-11-10-16-8-5-9-18(20)14-16)23-12-13-24-15-17-6-3-2-4-7-17;/h2-9,14H,10-13,15H2,1H3,(H2,21,22,23);1H. The maximum Gasteiger partial charge on any atom is 0.191 e. The first kappa shape index (κ1) is 21.4. The van der Waals surface area contributed by atoms with Gasteiger partial charge >= 0.3 is 0 Å². The smallest absolute Gasteiger partial charge is 0.191 e. The van der Waals surface area contributed by atoms with Crippen molar-refractivity contribution in [3.05, 3.63) is 71.5 Å².